The number of rotatable bonds is 8. The van der Waals surface area contributed by atoms with E-state index in [1.165, 1.54) is 6.92 Å². The fraction of sp³-hybridized carbons (Fsp3) is 0.562. The van der Waals surface area contributed by atoms with Crippen molar-refractivity contribution in [2.24, 2.45) is 0 Å². The van der Waals surface area contributed by atoms with Gasteiger partial charge in [-0.25, -0.2) is 0 Å². The minimum absolute atomic E-state index is 0.0788. The molecule has 5 nitrogen and oxygen atoms in total. The van der Waals surface area contributed by atoms with Crippen molar-refractivity contribution in [3.05, 3.63) is 29.8 Å². The van der Waals surface area contributed by atoms with Gasteiger partial charge in [-0.1, -0.05) is 26.0 Å². The molecule has 0 radical (unpaired) electrons. The zero-order valence-corrected chi connectivity index (χ0v) is 14.5. The van der Waals surface area contributed by atoms with Crippen molar-refractivity contribution in [2.75, 3.05) is 5.75 Å². The van der Waals surface area contributed by atoms with E-state index in [1.807, 2.05) is 31.7 Å². The summed E-state index contributed by atoms with van der Waals surface area (Å²) in [5.74, 6) is 0.291. The van der Waals surface area contributed by atoms with Crippen molar-refractivity contribution < 1.29 is 17.4 Å². The van der Waals surface area contributed by atoms with Crippen LogP contribution in [0.4, 0.5) is 0 Å². The molecule has 0 saturated heterocycles. The molecule has 22 heavy (non-hydrogen) atoms. The first-order valence-corrected chi connectivity index (χ1v) is 9.21. The second kappa shape index (κ2) is 8.17. The Morgan fingerprint density at radius 3 is 2.50 bits per heavy atom. The van der Waals surface area contributed by atoms with Crippen LogP contribution in [0, 0.1) is 0 Å². The van der Waals surface area contributed by atoms with Gasteiger partial charge in [0.1, 0.15) is 5.75 Å². The number of carbonyl (C=O) groups excluding carboxylic acids is 1. The Kier molecular flexibility index (Phi) is 6.87. The third kappa shape index (κ3) is 5.33. The third-order valence-corrected chi connectivity index (χ3v) is 4.73. The predicted octanol–water partition coefficient (Wildman–Crippen LogP) is 2.95. The SMILES string of the molecule is CCC(=O)N(Cc1cccc(OS(=O)(=O)CC)c1)[C@@H](C)CC. The summed E-state index contributed by atoms with van der Waals surface area (Å²) in [6, 6.07) is 7.01. The van der Waals surface area contributed by atoms with Crippen molar-refractivity contribution in [2.45, 2.75) is 53.1 Å². The molecular weight excluding hydrogens is 302 g/mol. The molecule has 0 spiro atoms. The Balaban J connectivity index is 2.94. The van der Waals surface area contributed by atoms with Gasteiger partial charge in [-0.3, -0.25) is 4.79 Å². The average molecular weight is 327 g/mol. The van der Waals surface area contributed by atoms with Gasteiger partial charge in [0, 0.05) is 19.0 Å². The molecule has 1 amide bonds. The van der Waals surface area contributed by atoms with Crippen LogP contribution < -0.4 is 4.18 Å². The van der Waals surface area contributed by atoms with E-state index in [9.17, 15) is 13.2 Å². The van der Waals surface area contributed by atoms with Crippen LogP contribution in [0.5, 0.6) is 5.75 Å². The fourth-order valence-electron chi connectivity index (χ4n) is 2.01. The summed E-state index contributed by atoms with van der Waals surface area (Å²) in [5.41, 5.74) is 0.853. The van der Waals surface area contributed by atoms with Crippen molar-refractivity contribution in [1.82, 2.24) is 4.90 Å². The number of hydrogen-bond acceptors (Lipinski definition) is 4. The van der Waals surface area contributed by atoms with Crippen LogP contribution in [0.15, 0.2) is 24.3 Å². The first-order valence-electron chi connectivity index (χ1n) is 7.63. The first-order chi connectivity index (χ1) is 10.3. The van der Waals surface area contributed by atoms with E-state index < -0.39 is 10.1 Å². The van der Waals surface area contributed by atoms with Gasteiger partial charge in [0.2, 0.25) is 5.91 Å². The minimum atomic E-state index is -3.54. The number of hydrogen-bond donors (Lipinski definition) is 0. The van der Waals surface area contributed by atoms with Crippen LogP contribution in [0.2, 0.25) is 0 Å². The zero-order valence-electron chi connectivity index (χ0n) is 13.7. The smallest absolute Gasteiger partial charge is 0.308 e. The molecule has 6 heteroatoms. The summed E-state index contributed by atoms with van der Waals surface area (Å²) in [7, 11) is -3.54. The van der Waals surface area contributed by atoms with E-state index >= 15 is 0 Å². The normalized spacial score (nSPS) is 12.7. The molecule has 124 valence electrons. The van der Waals surface area contributed by atoms with Gasteiger partial charge in [0.05, 0.1) is 5.75 Å². The maximum atomic E-state index is 12.1. The summed E-state index contributed by atoms with van der Waals surface area (Å²) in [6.07, 6.45) is 1.32. The zero-order chi connectivity index (χ0) is 16.8. The van der Waals surface area contributed by atoms with E-state index in [1.54, 1.807) is 18.2 Å². The lowest BCUT2D eigenvalue weighted by atomic mass is 10.1. The highest BCUT2D eigenvalue weighted by atomic mass is 32.2. The van der Waals surface area contributed by atoms with Crippen molar-refractivity contribution in [3.63, 3.8) is 0 Å². The highest BCUT2D eigenvalue weighted by Gasteiger charge is 2.18. The Labute approximate surface area is 133 Å². The second-order valence-electron chi connectivity index (χ2n) is 5.21. The van der Waals surface area contributed by atoms with Crippen molar-refractivity contribution in [3.8, 4) is 5.75 Å². The highest BCUT2D eigenvalue weighted by Crippen LogP contribution is 2.19. The molecule has 0 aromatic heterocycles. The summed E-state index contributed by atoms with van der Waals surface area (Å²) >= 11 is 0. The van der Waals surface area contributed by atoms with Gasteiger partial charge in [-0.2, -0.15) is 8.42 Å². The largest absolute Gasteiger partial charge is 0.382 e. The molecule has 0 heterocycles. The van der Waals surface area contributed by atoms with Crippen LogP contribution in [0.1, 0.15) is 46.1 Å². The number of benzene rings is 1. The summed E-state index contributed by atoms with van der Waals surface area (Å²) in [4.78, 5) is 13.9. The Morgan fingerprint density at radius 2 is 1.95 bits per heavy atom. The predicted molar refractivity (Wildman–Crippen MR) is 87.1 cm³/mol. The molecule has 0 fully saturated rings. The van der Waals surface area contributed by atoms with Crippen LogP contribution in [-0.4, -0.2) is 31.0 Å². The monoisotopic (exact) mass is 327 g/mol. The molecule has 1 aromatic carbocycles. The van der Waals surface area contributed by atoms with Gasteiger partial charge in [0.25, 0.3) is 0 Å². The van der Waals surface area contributed by atoms with Crippen molar-refractivity contribution >= 4 is 16.0 Å². The van der Waals surface area contributed by atoms with Gasteiger partial charge in [-0.15, -0.1) is 0 Å². The summed E-state index contributed by atoms with van der Waals surface area (Å²) in [5, 5.41) is 0. The molecule has 0 aliphatic rings. The number of amides is 1. The quantitative estimate of drug-likeness (QED) is 0.689. The molecule has 0 bridgehead atoms. The van der Waals surface area contributed by atoms with Crippen LogP contribution in [0.3, 0.4) is 0 Å². The van der Waals surface area contributed by atoms with Gasteiger partial charge in [0.15, 0.2) is 0 Å². The molecule has 1 atom stereocenters. The van der Waals surface area contributed by atoms with E-state index in [0.717, 1.165) is 12.0 Å². The lowest BCUT2D eigenvalue weighted by Crippen LogP contribution is -2.37. The van der Waals surface area contributed by atoms with E-state index in [-0.39, 0.29) is 23.5 Å². The summed E-state index contributed by atoms with van der Waals surface area (Å²) < 4.78 is 28.1. The third-order valence-electron chi connectivity index (χ3n) is 3.57. The molecule has 1 rings (SSSR count). The van der Waals surface area contributed by atoms with E-state index in [0.29, 0.717) is 13.0 Å². The van der Waals surface area contributed by atoms with Gasteiger partial charge >= 0.3 is 10.1 Å². The Morgan fingerprint density at radius 1 is 1.27 bits per heavy atom. The molecular formula is C16H25NO4S. The number of carbonyl (C=O) groups is 1. The van der Waals surface area contributed by atoms with E-state index in [2.05, 4.69) is 0 Å². The molecule has 0 unspecified atom stereocenters. The molecule has 0 saturated carbocycles. The molecule has 0 aliphatic carbocycles. The highest BCUT2D eigenvalue weighted by molar-refractivity contribution is 7.87. The van der Waals surface area contributed by atoms with Crippen LogP contribution in [0.25, 0.3) is 0 Å². The van der Waals surface area contributed by atoms with E-state index in [4.69, 9.17) is 4.18 Å². The Bertz CT molecular complexity index is 598. The molecule has 1 aromatic rings. The fourth-order valence-corrected chi connectivity index (χ4v) is 2.53. The van der Waals surface area contributed by atoms with Crippen LogP contribution in [-0.2, 0) is 21.5 Å². The first kappa shape index (κ1) is 18.5. The topological polar surface area (TPSA) is 63.7 Å². The molecule has 0 N–H and O–H groups in total. The summed E-state index contributed by atoms with van der Waals surface area (Å²) in [6.45, 7) is 7.86. The lowest BCUT2D eigenvalue weighted by molar-refractivity contribution is -0.133. The van der Waals surface area contributed by atoms with Gasteiger partial charge < -0.3 is 9.08 Å². The lowest BCUT2D eigenvalue weighted by Gasteiger charge is -2.28. The van der Waals surface area contributed by atoms with Crippen molar-refractivity contribution in [1.29, 1.82) is 0 Å². The standard InChI is InChI=1S/C16H25NO4S/c1-5-13(4)17(16(18)6-2)12-14-9-8-10-15(11-14)21-22(19,20)7-3/h8-11,13H,5-7,12H2,1-4H3/t13-/m0/s1. The maximum absolute atomic E-state index is 12.1. The van der Waals surface area contributed by atoms with Crippen LogP contribution >= 0.6 is 0 Å². The Hall–Kier alpha value is -1.56. The maximum Gasteiger partial charge on any atom is 0.308 e. The molecule has 0 aliphatic heterocycles. The average Bonchev–Trinajstić information content (AvgIpc) is 2.51. The number of nitrogens with zero attached hydrogens (tertiary/aromatic N) is 1. The second-order valence-corrected chi connectivity index (χ2v) is 7.07. The van der Waals surface area contributed by atoms with Gasteiger partial charge in [-0.05, 0) is 38.0 Å². The minimum Gasteiger partial charge on any atom is -0.382 e.